The van der Waals surface area contributed by atoms with E-state index in [9.17, 15) is 10.1 Å². The fourth-order valence-corrected chi connectivity index (χ4v) is 3.03. The number of hydrogen-bond acceptors (Lipinski definition) is 6. The first kappa shape index (κ1) is 16.3. The number of halogens is 1. The van der Waals surface area contributed by atoms with Crippen LogP contribution in [0.5, 0.6) is 0 Å². The van der Waals surface area contributed by atoms with Gasteiger partial charge >= 0.3 is 0 Å². The number of nitrogens with zero attached hydrogens (tertiary/aromatic N) is 3. The van der Waals surface area contributed by atoms with Crippen molar-refractivity contribution >= 4 is 44.3 Å². The predicted octanol–water partition coefficient (Wildman–Crippen LogP) is 4.93. The fourth-order valence-electron chi connectivity index (χ4n) is 2.01. The highest BCUT2D eigenvalue weighted by atomic mass is 79.9. The van der Waals surface area contributed by atoms with Crippen LogP contribution < -0.4 is 5.43 Å². The van der Waals surface area contributed by atoms with Crippen LogP contribution in [0, 0.1) is 10.1 Å². The second kappa shape index (κ2) is 7.33. The normalized spacial score (nSPS) is 10.9. The highest BCUT2D eigenvalue weighted by molar-refractivity contribution is 9.10. The number of nitro benzene ring substituents is 1. The standard InChI is InChI=1S/C16H11BrN4O2S/c17-13-7-6-12(15(8-13)21(22)23)9-18-20-16-19-14(10-24-16)11-4-2-1-3-5-11/h1-10H,(H,19,20). The van der Waals surface area contributed by atoms with Gasteiger partial charge in [-0.1, -0.05) is 46.3 Å². The Morgan fingerprint density at radius 3 is 2.79 bits per heavy atom. The summed E-state index contributed by atoms with van der Waals surface area (Å²) in [6, 6.07) is 14.6. The summed E-state index contributed by atoms with van der Waals surface area (Å²) in [7, 11) is 0. The van der Waals surface area contributed by atoms with Gasteiger partial charge in [-0.2, -0.15) is 5.10 Å². The Morgan fingerprint density at radius 1 is 1.25 bits per heavy atom. The van der Waals surface area contributed by atoms with Crippen molar-refractivity contribution in [2.24, 2.45) is 5.10 Å². The van der Waals surface area contributed by atoms with Gasteiger partial charge in [-0.15, -0.1) is 11.3 Å². The van der Waals surface area contributed by atoms with Crippen LogP contribution in [0.25, 0.3) is 11.3 Å². The Bertz CT molecular complexity index is 896. The molecular formula is C16H11BrN4O2S. The van der Waals surface area contributed by atoms with Crippen LogP contribution in [0.1, 0.15) is 5.56 Å². The molecule has 3 aromatic rings. The van der Waals surface area contributed by atoms with E-state index in [-0.39, 0.29) is 5.69 Å². The zero-order valence-electron chi connectivity index (χ0n) is 12.2. The van der Waals surface area contributed by atoms with Crippen molar-refractivity contribution < 1.29 is 4.92 Å². The fraction of sp³-hybridized carbons (Fsp3) is 0. The summed E-state index contributed by atoms with van der Waals surface area (Å²) in [5.74, 6) is 0. The quantitative estimate of drug-likeness (QED) is 0.372. The van der Waals surface area contributed by atoms with E-state index in [1.807, 2.05) is 35.7 Å². The maximum atomic E-state index is 11.1. The van der Waals surface area contributed by atoms with Gasteiger partial charge in [0.05, 0.1) is 22.4 Å². The molecular weight excluding hydrogens is 392 g/mol. The number of rotatable bonds is 5. The summed E-state index contributed by atoms with van der Waals surface area (Å²) in [6.07, 6.45) is 1.41. The maximum Gasteiger partial charge on any atom is 0.279 e. The third-order valence-electron chi connectivity index (χ3n) is 3.13. The highest BCUT2D eigenvalue weighted by Gasteiger charge is 2.12. The largest absolute Gasteiger partial charge is 0.279 e. The molecule has 1 heterocycles. The molecule has 24 heavy (non-hydrogen) atoms. The summed E-state index contributed by atoms with van der Waals surface area (Å²) in [5.41, 5.74) is 5.08. The first-order valence-electron chi connectivity index (χ1n) is 6.87. The zero-order chi connectivity index (χ0) is 16.9. The summed E-state index contributed by atoms with van der Waals surface area (Å²) >= 11 is 4.64. The number of thiazole rings is 1. The van der Waals surface area contributed by atoms with Gasteiger partial charge in [0.2, 0.25) is 5.13 Å². The number of hydrazone groups is 1. The molecule has 0 saturated carbocycles. The molecule has 1 N–H and O–H groups in total. The molecule has 0 amide bonds. The molecule has 6 nitrogen and oxygen atoms in total. The van der Waals surface area contributed by atoms with Crippen LogP contribution in [0.15, 0.2) is 63.5 Å². The van der Waals surface area contributed by atoms with Crippen LogP contribution in [0.4, 0.5) is 10.8 Å². The first-order chi connectivity index (χ1) is 11.6. The molecule has 0 bridgehead atoms. The lowest BCUT2D eigenvalue weighted by Crippen LogP contribution is -1.96. The molecule has 0 atom stereocenters. The van der Waals surface area contributed by atoms with Gasteiger partial charge in [-0.25, -0.2) is 4.98 Å². The Kier molecular flexibility index (Phi) is 4.97. The second-order valence-electron chi connectivity index (χ2n) is 4.73. The van der Waals surface area contributed by atoms with Gasteiger partial charge in [-0.05, 0) is 12.1 Å². The van der Waals surface area contributed by atoms with Crippen LogP contribution in [-0.4, -0.2) is 16.1 Å². The van der Waals surface area contributed by atoms with Crippen molar-refractivity contribution in [3.05, 3.63) is 74.1 Å². The van der Waals surface area contributed by atoms with E-state index in [4.69, 9.17) is 0 Å². The van der Waals surface area contributed by atoms with Crippen LogP contribution in [-0.2, 0) is 0 Å². The summed E-state index contributed by atoms with van der Waals surface area (Å²) < 4.78 is 0.645. The summed E-state index contributed by atoms with van der Waals surface area (Å²) in [4.78, 5) is 15.1. The lowest BCUT2D eigenvalue weighted by Gasteiger charge is -1.98. The van der Waals surface area contributed by atoms with Gasteiger partial charge in [0.25, 0.3) is 5.69 Å². The molecule has 1 aromatic heterocycles. The van der Waals surface area contributed by atoms with Crippen LogP contribution in [0.3, 0.4) is 0 Å². The van der Waals surface area contributed by atoms with Crippen molar-refractivity contribution in [2.45, 2.75) is 0 Å². The Balaban J connectivity index is 1.74. The Morgan fingerprint density at radius 2 is 2.04 bits per heavy atom. The van der Waals surface area contributed by atoms with E-state index in [1.54, 1.807) is 12.1 Å². The molecule has 0 unspecified atom stereocenters. The van der Waals surface area contributed by atoms with Crippen molar-refractivity contribution in [1.29, 1.82) is 0 Å². The van der Waals surface area contributed by atoms with E-state index >= 15 is 0 Å². The van der Waals surface area contributed by atoms with E-state index in [1.165, 1.54) is 23.6 Å². The molecule has 120 valence electrons. The lowest BCUT2D eigenvalue weighted by atomic mass is 10.2. The monoisotopic (exact) mass is 402 g/mol. The molecule has 0 spiro atoms. The van der Waals surface area contributed by atoms with Crippen LogP contribution in [0.2, 0.25) is 0 Å². The van der Waals surface area contributed by atoms with Crippen molar-refractivity contribution in [1.82, 2.24) is 4.98 Å². The minimum absolute atomic E-state index is 0.0148. The summed E-state index contributed by atoms with van der Waals surface area (Å²) in [6.45, 7) is 0. The van der Waals surface area contributed by atoms with Crippen molar-refractivity contribution in [2.75, 3.05) is 5.43 Å². The molecule has 0 aliphatic heterocycles. The number of hydrogen-bond donors (Lipinski definition) is 1. The SMILES string of the molecule is O=[N+]([O-])c1cc(Br)ccc1C=NNc1nc(-c2ccccc2)cs1. The van der Waals surface area contributed by atoms with Crippen molar-refractivity contribution in [3.8, 4) is 11.3 Å². The van der Waals surface area contributed by atoms with E-state index < -0.39 is 4.92 Å². The number of nitrogens with one attached hydrogen (secondary N) is 1. The molecule has 2 aromatic carbocycles. The molecule has 0 saturated heterocycles. The van der Waals surface area contributed by atoms with Gasteiger partial charge in [0.1, 0.15) is 0 Å². The number of nitro groups is 1. The molecule has 3 rings (SSSR count). The zero-order valence-corrected chi connectivity index (χ0v) is 14.6. The van der Waals surface area contributed by atoms with E-state index in [0.717, 1.165) is 11.3 Å². The average molecular weight is 403 g/mol. The van der Waals surface area contributed by atoms with Gasteiger partial charge in [0, 0.05) is 21.5 Å². The molecule has 0 aliphatic carbocycles. The van der Waals surface area contributed by atoms with Gasteiger partial charge in [-0.3, -0.25) is 15.5 Å². The topological polar surface area (TPSA) is 80.4 Å². The minimum atomic E-state index is -0.441. The third-order valence-corrected chi connectivity index (χ3v) is 4.37. The number of anilines is 1. The average Bonchev–Trinajstić information content (AvgIpc) is 3.06. The predicted molar refractivity (Wildman–Crippen MR) is 99.6 cm³/mol. The van der Waals surface area contributed by atoms with Crippen molar-refractivity contribution in [3.63, 3.8) is 0 Å². The Hall–Kier alpha value is -2.58. The smallest absolute Gasteiger partial charge is 0.258 e. The maximum absolute atomic E-state index is 11.1. The first-order valence-corrected chi connectivity index (χ1v) is 8.55. The second-order valence-corrected chi connectivity index (χ2v) is 6.51. The number of aromatic nitrogens is 1. The summed E-state index contributed by atoms with van der Waals surface area (Å²) in [5, 5.41) is 17.6. The molecule has 0 aliphatic rings. The molecule has 0 radical (unpaired) electrons. The van der Waals surface area contributed by atoms with Gasteiger partial charge < -0.3 is 0 Å². The Labute approximate surface area is 150 Å². The lowest BCUT2D eigenvalue weighted by molar-refractivity contribution is -0.385. The molecule has 8 heteroatoms. The van der Waals surface area contributed by atoms with Gasteiger partial charge in [0.15, 0.2) is 0 Å². The van der Waals surface area contributed by atoms with Crippen LogP contribution >= 0.6 is 27.3 Å². The third kappa shape index (κ3) is 3.84. The minimum Gasteiger partial charge on any atom is -0.258 e. The molecule has 0 fully saturated rings. The van der Waals surface area contributed by atoms with E-state index in [2.05, 4.69) is 31.4 Å². The number of benzene rings is 2. The highest BCUT2D eigenvalue weighted by Crippen LogP contribution is 2.25. The van der Waals surface area contributed by atoms with E-state index in [0.29, 0.717) is 15.2 Å².